The van der Waals surface area contributed by atoms with Gasteiger partial charge in [-0.1, -0.05) is 31.0 Å². The van der Waals surface area contributed by atoms with Crippen LogP contribution in [-0.4, -0.2) is 25.9 Å². The van der Waals surface area contributed by atoms with Crippen LogP contribution in [0, 0.1) is 6.92 Å². The lowest BCUT2D eigenvalue weighted by Crippen LogP contribution is -2.34. The first-order chi connectivity index (χ1) is 11.0. The van der Waals surface area contributed by atoms with Crippen molar-refractivity contribution in [3.05, 3.63) is 40.4 Å². The molecule has 1 aromatic carbocycles. The normalized spacial score (nSPS) is 21.7. The van der Waals surface area contributed by atoms with E-state index in [1.165, 1.54) is 12.8 Å². The summed E-state index contributed by atoms with van der Waals surface area (Å²) in [4.78, 5) is 3.55. The molecule has 4 heteroatoms. The first-order valence-corrected chi connectivity index (χ1v) is 10.3. The van der Waals surface area contributed by atoms with Crippen LogP contribution in [0.15, 0.2) is 39.8 Å². The van der Waals surface area contributed by atoms with Crippen molar-refractivity contribution < 1.29 is 8.42 Å². The van der Waals surface area contributed by atoms with Crippen LogP contribution in [-0.2, 0) is 9.84 Å². The molecule has 0 bridgehead atoms. The van der Waals surface area contributed by atoms with E-state index in [1.807, 2.05) is 19.1 Å². The molecule has 2 aliphatic rings. The smallest absolute Gasteiger partial charge is 0.204 e. The third kappa shape index (κ3) is 3.18. The van der Waals surface area contributed by atoms with Gasteiger partial charge in [-0.05, 0) is 51.2 Å². The second-order valence-electron chi connectivity index (χ2n) is 6.84. The molecular formula is C19H27NO2S. The summed E-state index contributed by atoms with van der Waals surface area (Å²) < 4.78 is 26.4. The number of benzene rings is 1. The van der Waals surface area contributed by atoms with Crippen LogP contribution in [0.5, 0.6) is 0 Å². The van der Waals surface area contributed by atoms with E-state index in [4.69, 9.17) is 0 Å². The average molecular weight is 333 g/mol. The van der Waals surface area contributed by atoms with E-state index >= 15 is 0 Å². The number of hydrogen-bond donors (Lipinski definition) is 0. The minimum absolute atomic E-state index is 0.408. The molecule has 0 spiro atoms. The van der Waals surface area contributed by atoms with Crippen molar-refractivity contribution in [1.82, 2.24) is 4.90 Å². The quantitative estimate of drug-likeness (QED) is 0.800. The number of rotatable bonds is 5. The lowest BCUT2D eigenvalue weighted by molar-refractivity contribution is 0.210. The van der Waals surface area contributed by atoms with Crippen LogP contribution < -0.4 is 0 Å². The zero-order chi connectivity index (χ0) is 16.4. The Morgan fingerprint density at radius 3 is 2.61 bits per heavy atom. The van der Waals surface area contributed by atoms with Gasteiger partial charge in [0.2, 0.25) is 9.84 Å². The fourth-order valence-electron chi connectivity index (χ4n) is 3.81. The zero-order valence-corrected chi connectivity index (χ0v) is 15.0. The second-order valence-corrected chi connectivity index (χ2v) is 8.81. The molecule has 0 saturated carbocycles. The van der Waals surface area contributed by atoms with Crippen molar-refractivity contribution in [2.45, 2.75) is 69.7 Å². The zero-order valence-electron chi connectivity index (χ0n) is 14.2. The van der Waals surface area contributed by atoms with Gasteiger partial charge in [0, 0.05) is 24.7 Å². The van der Waals surface area contributed by atoms with Crippen LogP contribution in [0.3, 0.4) is 0 Å². The third-order valence-electron chi connectivity index (χ3n) is 5.14. The molecule has 1 fully saturated rings. The number of sulfone groups is 1. The van der Waals surface area contributed by atoms with E-state index in [1.54, 1.807) is 12.1 Å². The van der Waals surface area contributed by atoms with E-state index in [2.05, 4.69) is 11.8 Å². The summed E-state index contributed by atoms with van der Waals surface area (Å²) in [5.74, 6) is 0. The van der Waals surface area contributed by atoms with E-state index in [0.29, 0.717) is 22.3 Å². The van der Waals surface area contributed by atoms with Gasteiger partial charge in [-0.15, -0.1) is 0 Å². The SMILES string of the molecule is CCCCC1=C(S(=O)(=O)c2ccc(C)cc2)CC2CCCCN12. The van der Waals surface area contributed by atoms with E-state index in [0.717, 1.165) is 43.5 Å². The number of hydrogen-bond acceptors (Lipinski definition) is 3. The predicted octanol–water partition coefficient (Wildman–Crippen LogP) is 4.43. The van der Waals surface area contributed by atoms with Gasteiger partial charge in [-0.25, -0.2) is 8.42 Å². The molecule has 2 heterocycles. The summed E-state index contributed by atoms with van der Waals surface area (Å²) in [6.45, 7) is 5.17. The summed E-state index contributed by atoms with van der Waals surface area (Å²) >= 11 is 0. The molecule has 2 aliphatic heterocycles. The molecule has 0 radical (unpaired) electrons. The Morgan fingerprint density at radius 2 is 1.91 bits per heavy atom. The number of allylic oxidation sites excluding steroid dienone is 1. The van der Waals surface area contributed by atoms with Gasteiger partial charge in [0.25, 0.3) is 0 Å². The lowest BCUT2D eigenvalue weighted by Gasteiger charge is -2.34. The van der Waals surface area contributed by atoms with Crippen LogP contribution in [0.4, 0.5) is 0 Å². The van der Waals surface area contributed by atoms with Crippen molar-refractivity contribution in [3.8, 4) is 0 Å². The number of piperidine rings is 1. The molecular weight excluding hydrogens is 306 g/mol. The predicted molar refractivity (Wildman–Crippen MR) is 93.9 cm³/mol. The Morgan fingerprint density at radius 1 is 1.17 bits per heavy atom. The van der Waals surface area contributed by atoms with Crippen molar-refractivity contribution in [2.24, 2.45) is 0 Å². The highest BCUT2D eigenvalue weighted by Gasteiger charge is 2.38. The van der Waals surface area contributed by atoms with Gasteiger partial charge in [0.05, 0.1) is 9.80 Å². The molecule has 0 amide bonds. The molecule has 0 aromatic heterocycles. The molecule has 1 saturated heterocycles. The Labute approximate surface area is 140 Å². The number of fused-ring (bicyclic) bond motifs is 1. The molecule has 1 aromatic rings. The van der Waals surface area contributed by atoms with E-state index in [9.17, 15) is 8.42 Å². The maximum Gasteiger partial charge on any atom is 0.204 e. The van der Waals surface area contributed by atoms with Crippen LogP contribution in [0.25, 0.3) is 0 Å². The van der Waals surface area contributed by atoms with Crippen molar-refractivity contribution in [3.63, 3.8) is 0 Å². The lowest BCUT2D eigenvalue weighted by atomic mass is 10.0. The summed E-state index contributed by atoms with van der Waals surface area (Å²) in [5.41, 5.74) is 2.20. The average Bonchev–Trinajstić information content (AvgIpc) is 2.93. The summed E-state index contributed by atoms with van der Waals surface area (Å²) in [6, 6.07) is 7.70. The van der Waals surface area contributed by atoms with Gasteiger partial charge in [0.15, 0.2) is 0 Å². The molecule has 0 aliphatic carbocycles. The maximum atomic E-state index is 13.2. The molecule has 126 valence electrons. The number of unbranched alkanes of at least 4 members (excludes halogenated alkanes) is 1. The molecule has 1 unspecified atom stereocenters. The van der Waals surface area contributed by atoms with Crippen LogP contribution in [0.1, 0.15) is 57.4 Å². The number of aryl methyl sites for hydroxylation is 1. The molecule has 23 heavy (non-hydrogen) atoms. The Kier molecular flexibility index (Phi) is 4.81. The van der Waals surface area contributed by atoms with Crippen LogP contribution in [0.2, 0.25) is 0 Å². The van der Waals surface area contributed by atoms with Crippen molar-refractivity contribution >= 4 is 9.84 Å². The van der Waals surface area contributed by atoms with Gasteiger partial charge < -0.3 is 4.90 Å². The second kappa shape index (κ2) is 6.68. The Bertz CT molecular complexity index is 689. The number of nitrogens with zero attached hydrogens (tertiary/aromatic N) is 1. The maximum absolute atomic E-state index is 13.2. The molecule has 3 nitrogen and oxygen atoms in total. The molecule has 1 atom stereocenters. The monoisotopic (exact) mass is 333 g/mol. The van der Waals surface area contributed by atoms with Gasteiger partial charge in [0.1, 0.15) is 0 Å². The summed E-state index contributed by atoms with van der Waals surface area (Å²) in [7, 11) is -3.36. The fourth-order valence-corrected chi connectivity index (χ4v) is 5.53. The minimum atomic E-state index is -3.36. The minimum Gasteiger partial charge on any atom is -0.371 e. The van der Waals surface area contributed by atoms with E-state index in [-0.39, 0.29) is 0 Å². The molecule has 3 rings (SSSR count). The van der Waals surface area contributed by atoms with Crippen molar-refractivity contribution in [2.75, 3.05) is 6.54 Å². The highest BCUT2D eigenvalue weighted by atomic mass is 32.2. The third-order valence-corrected chi connectivity index (χ3v) is 7.08. The van der Waals surface area contributed by atoms with Gasteiger partial charge in [-0.3, -0.25) is 0 Å². The Balaban J connectivity index is 2.00. The van der Waals surface area contributed by atoms with Crippen LogP contribution >= 0.6 is 0 Å². The van der Waals surface area contributed by atoms with Gasteiger partial charge in [-0.2, -0.15) is 0 Å². The summed E-state index contributed by atoms with van der Waals surface area (Å²) in [6.07, 6.45) is 7.29. The highest BCUT2D eigenvalue weighted by molar-refractivity contribution is 7.95. The highest BCUT2D eigenvalue weighted by Crippen LogP contribution is 2.41. The summed E-state index contributed by atoms with van der Waals surface area (Å²) in [5, 5.41) is 0. The first kappa shape index (κ1) is 16.6. The van der Waals surface area contributed by atoms with Crippen molar-refractivity contribution in [1.29, 1.82) is 0 Å². The Hall–Kier alpha value is -1.29. The largest absolute Gasteiger partial charge is 0.371 e. The molecule has 0 N–H and O–H groups in total. The standard InChI is InChI=1S/C19H27NO2S/c1-3-4-8-18-19(14-16-7-5-6-13-20(16)18)23(21,22)17-11-9-15(2)10-12-17/h9-12,16H,3-8,13-14H2,1-2H3. The first-order valence-electron chi connectivity index (χ1n) is 8.84. The fraction of sp³-hybridized carbons (Fsp3) is 0.579. The topological polar surface area (TPSA) is 37.4 Å². The van der Waals surface area contributed by atoms with E-state index < -0.39 is 9.84 Å². The van der Waals surface area contributed by atoms with Gasteiger partial charge >= 0.3 is 0 Å².